The number of halogens is 1. The Morgan fingerprint density at radius 2 is 2.22 bits per heavy atom. The second-order valence-electron chi connectivity index (χ2n) is 4.11. The number of anilines is 1. The number of nitrogens with two attached hydrogens (primary N) is 1. The molecule has 0 saturated heterocycles. The van der Waals surface area contributed by atoms with Gasteiger partial charge in [-0.15, -0.1) is 0 Å². The Morgan fingerprint density at radius 3 is 2.89 bits per heavy atom. The summed E-state index contributed by atoms with van der Waals surface area (Å²) in [6, 6.07) is 1.48. The maximum absolute atomic E-state index is 12.1. The van der Waals surface area contributed by atoms with Crippen LogP contribution in [0.15, 0.2) is 12.3 Å². The van der Waals surface area contributed by atoms with Crippen molar-refractivity contribution in [1.29, 1.82) is 0 Å². The topological polar surface area (TPSA) is 79.5 Å². The van der Waals surface area contributed by atoms with E-state index in [0.717, 1.165) is 19.3 Å². The summed E-state index contributed by atoms with van der Waals surface area (Å²) in [6.45, 7) is 0.808. The van der Waals surface area contributed by atoms with Crippen LogP contribution in [0.3, 0.4) is 0 Å². The smallest absolute Gasteiger partial charge is 0.255 e. The average Bonchev–Trinajstić information content (AvgIpc) is 2.36. The molecule has 0 radical (unpaired) electrons. The molecule has 0 aliphatic carbocycles. The van der Waals surface area contributed by atoms with E-state index in [1.807, 2.05) is 0 Å². The van der Waals surface area contributed by atoms with Crippen molar-refractivity contribution in [2.75, 3.05) is 25.9 Å². The predicted octanol–water partition coefficient (Wildman–Crippen LogP) is 1.55. The van der Waals surface area contributed by atoms with E-state index in [0.29, 0.717) is 17.8 Å². The fourth-order valence-electron chi connectivity index (χ4n) is 1.57. The van der Waals surface area contributed by atoms with Crippen LogP contribution in [-0.2, 0) is 0 Å². The Morgan fingerprint density at radius 1 is 1.50 bits per heavy atom. The summed E-state index contributed by atoms with van der Waals surface area (Å²) >= 11 is 5.75. The number of nitrogen functional groups attached to an aromatic ring is 1. The van der Waals surface area contributed by atoms with Crippen LogP contribution in [0.2, 0.25) is 5.15 Å². The molecule has 3 N–H and O–H groups in total. The fraction of sp³-hybridized carbons (Fsp3) is 0.500. The maximum atomic E-state index is 12.1. The number of aliphatic hydroxyl groups is 1. The van der Waals surface area contributed by atoms with Crippen molar-refractivity contribution in [3.8, 4) is 0 Å². The first-order valence-corrected chi connectivity index (χ1v) is 6.21. The third-order valence-electron chi connectivity index (χ3n) is 2.63. The normalized spacial score (nSPS) is 10.4. The van der Waals surface area contributed by atoms with E-state index in [1.165, 1.54) is 12.3 Å². The molecule has 0 unspecified atom stereocenters. The number of hydrogen-bond acceptors (Lipinski definition) is 4. The molecule has 0 bridgehead atoms. The second kappa shape index (κ2) is 7.18. The van der Waals surface area contributed by atoms with E-state index in [-0.39, 0.29) is 17.7 Å². The van der Waals surface area contributed by atoms with E-state index < -0.39 is 0 Å². The van der Waals surface area contributed by atoms with Crippen LogP contribution in [0.1, 0.15) is 29.6 Å². The summed E-state index contributed by atoms with van der Waals surface area (Å²) < 4.78 is 0. The number of unbranched alkanes of at least 4 members (excludes halogenated alkanes) is 2. The molecule has 0 saturated carbocycles. The van der Waals surface area contributed by atoms with Gasteiger partial charge in [0.1, 0.15) is 5.15 Å². The summed E-state index contributed by atoms with van der Waals surface area (Å²) in [6.07, 6.45) is 3.88. The first-order valence-electron chi connectivity index (χ1n) is 5.83. The van der Waals surface area contributed by atoms with Gasteiger partial charge in [-0.25, -0.2) is 4.98 Å². The zero-order valence-electron chi connectivity index (χ0n) is 10.4. The minimum Gasteiger partial charge on any atom is -0.397 e. The SMILES string of the molecule is CN(CCCCCO)C(=O)c1cc(Cl)ncc1N. The van der Waals surface area contributed by atoms with Gasteiger partial charge in [0, 0.05) is 20.2 Å². The van der Waals surface area contributed by atoms with Gasteiger partial charge in [0.15, 0.2) is 0 Å². The molecule has 0 aliphatic rings. The number of aromatic nitrogens is 1. The van der Waals surface area contributed by atoms with Crippen molar-refractivity contribution in [2.24, 2.45) is 0 Å². The van der Waals surface area contributed by atoms with Gasteiger partial charge in [-0.05, 0) is 25.3 Å². The zero-order chi connectivity index (χ0) is 13.5. The lowest BCUT2D eigenvalue weighted by Crippen LogP contribution is -2.28. The summed E-state index contributed by atoms with van der Waals surface area (Å²) in [5, 5.41) is 8.92. The van der Waals surface area contributed by atoms with Crippen molar-refractivity contribution in [1.82, 2.24) is 9.88 Å². The quantitative estimate of drug-likeness (QED) is 0.608. The standard InChI is InChI=1S/C12H18ClN3O2/c1-16(5-3-2-4-6-17)12(18)9-7-11(13)15-8-10(9)14/h7-8,17H,2-6,14H2,1H3. The first kappa shape index (κ1) is 14.7. The molecule has 0 fully saturated rings. The third-order valence-corrected chi connectivity index (χ3v) is 2.84. The molecule has 0 atom stereocenters. The average molecular weight is 272 g/mol. The van der Waals surface area contributed by atoms with Crippen molar-refractivity contribution in [3.05, 3.63) is 23.0 Å². The molecule has 1 aromatic heterocycles. The molecule has 1 heterocycles. The molecule has 5 nitrogen and oxygen atoms in total. The molecule has 1 rings (SSSR count). The lowest BCUT2D eigenvalue weighted by molar-refractivity contribution is 0.0793. The molecule has 100 valence electrons. The summed E-state index contributed by atoms with van der Waals surface area (Å²) in [5.74, 6) is -0.166. The van der Waals surface area contributed by atoms with Gasteiger partial charge >= 0.3 is 0 Å². The van der Waals surface area contributed by atoms with Crippen LogP contribution in [0, 0.1) is 0 Å². The highest BCUT2D eigenvalue weighted by Crippen LogP contribution is 2.16. The van der Waals surface area contributed by atoms with Crippen LogP contribution in [-0.4, -0.2) is 41.1 Å². The highest BCUT2D eigenvalue weighted by atomic mass is 35.5. The van der Waals surface area contributed by atoms with Crippen LogP contribution in [0.5, 0.6) is 0 Å². The lowest BCUT2D eigenvalue weighted by atomic mass is 10.2. The molecule has 0 aromatic carbocycles. The molecule has 6 heteroatoms. The van der Waals surface area contributed by atoms with E-state index in [4.69, 9.17) is 22.4 Å². The van der Waals surface area contributed by atoms with Crippen LogP contribution >= 0.6 is 11.6 Å². The van der Waals surface area contributed by atoms with Gasteiger partial charge in [-0.3, -0.25) is 4.79 Å². The first-order chi connectivity index (χ1) is 8.56. The number of aliphatic hydroxyl groups excluding tert-OH is 1. The lowest BCUT2D eigenvalue weighted by Gasteiger charge is -2.18. The van der Waals surface area contributed by atoms with Crippen molar-refractivity contribution < 1.29 is 9.90 Å². The van der Waals surface area contributed by atoms with Crippen LogP contribution in [0.4, 0.5) is 5.69 Å². The van der Waals surface area contributed by atoms with Crippen molar-refractivity contribution >= 4 is 23.2 Å². The Bertz CT molecular complexity index is 412. The van der Waals surface area contributed by atoms with Gasteiger partial charge in [0.05, 0.1) is 17.4 Å². The van der Waals surface area contributed by atoms with Gasteiger partial charge in [-0.2, -0.15) is 0 Å². The Labute approximate surface area is 112 Å². The van der Waals surface area contributed by atoms with Gasteiger partial charge in [0.25, 0.3) is 5.91 Å². The monoisotopic (exact) mass is 271 g/mol. The summed E-state index contributed by atoms with van der Waals surface area (Å²) in [5.41, 5.74) is 6.40. The Kier molecular flexibility index (Phi) is 5.88. The molecule has 1 amide bonds. The molecular weight excluding hydrogens is 254 g/mol. The zero-order valence-corrected chi connectivity index (χ0v) is 11.2. The Hall–Kier alpha value is -1.33. The summed E-state index contributed by atoms with van der Waals surface area (Å²) in [7, 11) is 1.72. The van der Waals surface area contributed by atoms with Crippen molar-refractivity contribution in [3.63, 3.8) is 0 Å². The number of rotatable bonds is 6. The van der Waals surface area contributed by atoms with Gasteiger partial charge in [0.2, 0.25) is 0 Å². The second-order valence-corrected chi connectivity index (χ2v) is 4.49. The van der Waals surface area contributed by atoms with Gasteiger partial charge < -0.3 is 15.7 Å². The summed E-state index contributed by atoms with van der Waals surface area (Å²) in [4.78, 5) is 17.5. The predicted molar refractivity (Wildman–Crippen MR) is 71.6 cm³/mol. The van der Waals surface area contributed by atoms with E-state index in [2.05, 4.69) is 4.98 Å². The molecule has 1 aromatic rings. The minimum atomic E-state index is -0.166. The fourth-order valence-corrected chi connectivity index (χ4v) is 1.73. The van der Waals surface area contributed by atoms with Crippen LogP contribution < -0.4 is 5.73 Å². The largest absolute Gasteiger partial charge is 0.397 e. The number of nitrogens with zero attached hydrogens (tertiary/aromatic N) is 2. The maximum Gasteiger partial charge on any atom is 0.255 e. The van der Waals surface area contributed by atoms with E-state index in [9.17, 15) is 4.79 Å². The van der Waals surface area contributed by atoms with Crippen molar-refractivity contribution in [2.45, 2.75) is 19.3 Å². The minimum absolute atomic E-state index is 0.166. The molecule has 0 spiro atoms. The highest BCUT2D eigenvalue weighted by Gasteiger charge is 2.15. The number of carbonyl (C=O) groups is 1. The molecular formula is C12H18ClN3O2. The number of carbonyl (C=O) groups excluding carboxylic acids is 1. The highest BCUT2D eigenvalue weighted by molar-refractivity contribution is 6.29. The van der Waals surface area contributed by atoms with Crippen LogP contribution in [0.25, 0.3) is 0 Å². The van der Waals surface area contributed by atoms with E-state index >= 15 is 0 Å². The number of amides is 1. The molecule has 18 heavy (non-hydrogen) atoms. The van der Waals surface area contributed by atoms with Gasteiger partial charge in [-0.1, -0.05) is 11.6 Å². The molecule has 0 aliphatic heterocycles. The number of pyridine rings is 1. The third kappa shape index (κ3) is 4.16. The Balaban J connectivity index is 2.60. The van der Waals surface area contributed by atoms with E-state index in [1.54, 1.807) is 11.9 Å². The number of hydrogen-bond donors (Lipinski definition) is 2.